The highest BCUT2D eigenvalue weighted by Crippen LogP contribution is 2.65. The Balaban J connectivity index is 1.20. The Hall–Kier alpha value is -5.78. The van der Waals surface area contributed by atoms with Gasteiger partial charge >= 0.3 is 0 Å². The van der Waals surface area contributed by atoms with Crippen LogP contribution in [0.15, 0.2) is 127 Å². The molecule has 5 heterocycles. The molecule has 0 spiro atoms. The summed E-state index contributed by atoms with van der Waals surface area (Å²) in [4.78, 5) is 7.95. The molecule has 0 radical (unpaired) electrons. The van der Waals surface area contributed by atoms with Crippen LogP contribution in [0.1, 0.15) is 175 Å². The Morgan fingerprint density at radius 3 is 1.83 bits per heavy atom. The van der Waals surface area contributed by atoms with E-state index in [4.69, 9.17) is 1.37 Å². The average Bonchev–Trinajstić information content (AvgIpc) is 3.92. The third kappa shape index (κ3) is 6.28. The number of nitrogens with zero attached hydrogens (tertiary/aromatic N) is 3. The molecular weight excluding hydrogens is 926 g/mol. The lowest BCUT2D eigenvalue weighted by molar-refractivity contribution is 0.194. The van der Waals surface area contributed by atoms with Crippen LogP contribution in [-0.4, -0.2) is 17.8 Å². The van der Waals surface area contributed by atoms with Gasteiger partial charge in [0.25, 0.3) is 6.71 Å². The van der Waals surface area contributed by atoms with Crippen LogP contribution in [0, 0.1) is 0 Å². The molecule has 2 fully saturated rings. The Labute approximate surface area is 458 Å². The van der Waals surface area contributed by atoms with Crippen molar-refractivity contribution in [3.05, 3.63) is 155 Å². The minimum Gasteiger partial charge on any atom is -0.335 e. The number of hydrogen-bond acceptors (Lipinski definition) is 4. The fourth-order valence-corrected chi connectivity index (χ4v) is 16.9. The van der Waals surface area contributed by atoms with E-state index < -0.39 is 11.0 Å². The first kappa shape index (κ1) is 43.3. The van der Waals surface area contributed by atoms with Crippen LogP contribution in [0.25, 0.3) is 31.3 Å². The molecule has 2 saturated carbocycles. The fraction of sp³-hybridized carbons (Fsp3) is 0.400. The Morgan fingerprint density at radius 2 is 1.12 bits per heavy atom. The van der Waals surface area contributed by atoms with Gasteiger partial charge in [0.2, 0.25) is 0 Å². The van der Waals surface area contributed by atoms with Crippen LogP contribution in [0.2, 0.25) is 0 Å². The molecule has 0 amide bonds. The topological polar surface area (TPSA) is 9.72 Å². The average molecular weight is 1010 g/mol. The molecule has 0 bridgehead atoms. The van der Waals surface area contributed by atoms with Gasteiger partial charge in [0.1, 0.15) is 0 Å². The SMILES string of the molecule is [2H]c1c([2H])c([2H])c2c(c1[2H])N(c1cc3c4c(c1)N1c5c(cc(C(C)(C)C)cc5C5(C)CCCCC15C)B4c1c(ccc4sc5ccc(C(C)(C)C)cc5c14)N3c1ccc(C(C)(C)C)cc1-c1ccccc1)C1(C)CCCCC21C. The van der Waals surface area contributed by atoms with Gasteiger partial charge in [-0.15, -0.1) is 11.3 Å². The highest BCUT2D eigenvalue weighted by molar-refractivity contribution is 7.26. The molecule has 4 unspecified atom stereocenters. The summed E-state index contributed by atoms with van der Waals surface area (Å²) in [6.45, 7) is 30.9. The van der Waals surface area contributed by atoms with Gasteiger partial charge in [-0.05, 0) is 166 Å². The fourth-order valence-electron chi connectivity index (χ4n) is 15.8. The zero-order valence-electron chi connectivity index (χ0n) is 50.8. The van der Waals surface area contributed by atoms with E-state index in [2.05, 4.69) is 208 Å². The van der Waals surface area contributed by atoms with Crippen molar-refractivity contribution >= 4 is 94.4 Å². The molecule has 14 rings (SSSR count). The summed E-state index contributed by atoms with van der Waals surface area (Å²) in [5.74, 6) is 0. The number of thiophene rings is 1. The third-order valence-corrected chi connectivity index (χ3v) is 21.6. The largest absolute Gasteiger partial charge is 0.335 e. The van der Waals surface area contributed by atoms with Gasteiger partial charge < -0.3 is 14.7 Å². The summed E-state index contributed by atoms with van der Waals surface area (Å²) < 4.78 is 40.8. The van der Waals surface area contributed by atoms with Crippen molar-refractivity contribution in [2.75, 3.05) is 14.7 Å². The maximum absolute atomic E-state index is 9.97. The number of fused-ring (bicyclic) bond motifs is 14. The lowest BCUT2D eigenvalue weighted by atomic mass is 9.32. The van der Waals surface area contributed by atoms with E-state index in [-0.39, 0.29) is 58.1 Å². The first-order valence-electron chi connectivity index (χ1n) is 30.3. The lowest BCUT2D eigenvalue weighted by Gasteiger charge is -2.54. The second kappa shape index (κ2) is 15.5. The molecule has 8 aromatic rings. The van der Waals surface area contributed by atoms with Crippen molar-refractivity contribution in [2.45, 2.75) is 180 Å². The maximum atomic E-state index is 9.97. The van der Waals surface area contributed by atoms with Crippen LogP contribution in [-0.2, 0) is 27.1 Å². The minimum atomic E-state index is -0.541. The van der Waals surface area contributed by atoms with Gasteiger partial charge in [0.15, 0.2) is 0 Å². The van der Waals surface area contributed by atoms with E-state index in [9.17, 15) is 4.11 Å². The van der Waals surface area contributed by atoms with Crippen molar-refractivity contribution in [3.8, 4) is 11.1 Å². The van der Waals surface area contributed by atoms with Crippen molar-refractivity contribution in [1.82, 2.24) is 0 Å². The zero-order chi connectivity index (χ0) is 55.6. The second-order valence-corrected chi connectivity index (χ2v) is 28.8. The summed E-state index contributed by atoms with van der Waals surface area (Å²) in [7, 11) is 0. The Morgan fingerprint density at radius 1 is 0.520 bits per heavy atom. The van der Waals surface area contributed by atoms with Crippen molar-refractivity contribution in [1.29, 1.82) is 0 Å². The first-order valence-corrected chi connectivity index (χ1v) is 29.1. The zero-order valence-corrected chi connectivity index (χ0v) is 47.6. The summed E-state index contributed by atoms with van der Waals surface area (Å²) in [5, 5.41) is 2.67. The van der Waals surface area contributed by atoms with Crippen LogP contribution in [0.3, 0.4) is 0 Å². The standard InChI is InChI=1S/C70H76BN3S/c1-64(2,3)44-27-29-53(48(37-44)43-23-15-14-16-24-43)72-55-30-32-59-60(49-38-45(65(4,5)6)28-31-58(49)75-59)62(55)71-52-40-46(66(7,8)9)39-51-63(52)74(70(13)36-22-20-34-68(51,70)11)57-42-47(41-56(72)61(57)71)73-54-26-18-17-25-50(54)67(10)33-19-21-35-69(67,73)12/h14-18,23-32,37-42H,19-22,33-36H2,1-13H3/i17D,18D,25D,26D. The van der Waals surface area contributed by atoms with E-state index in [1.165, 1.54) is 93.4 Å². The number of anilines is 7. The van der Waals surface area contributed by atoms with Crippen LogP contribution < -0.4 is 31.1 Å². The van der Waals surface area contributed by atoms with Crippen molar-refractivity contribution in [2.24, 2.45) is 0 Å². The maximum Gasteiger partial charge on any atom is 0.253 e. The molecule has 4 atom stereocenters. The first-order chi connectivity index (χ1) is 37.2. The summed E-state index contributed by atoms with van der Waals surface area (Å²) in [6, 6.07) is 40.4. The summed E-state index contributed by atoms with van der Waals surface area (Å²) in [5.41, 5.74) is 18.6. The molecule has 3 nitrogen and oxygen atoms in total. The molecule has 380 valence electrons. The predicted molar refractivity (Wildman–Crippen MR) is 326 cm³/mol. The van der Waals surface area contributed by atoms with E-state index in [1.807, 2.05) is 11.3 Å². The number of para-hydroxylation sites is 1. The monoisotopic (exact) mass is 1010 g/mol. The van der Waals surface area contributed by atoms with Crippen molar-refractivity contribution in [3.63, 3.8) is 0 Å². The van der Waals surface area contributed by atoms with Gasteiger partial charge in [-0.3, -0.25) is 0 Å². The van der Waals surface area contributed by atoms with E-state index in [0.717, 1.165) is 67.6 Å². The summed E-state index contributed by atoms with van der Waals surface area (Å²) >= 11 is 1.92. The molecule has 7 aromatic carbocycles. The third-order valence-electron chi connectivity index (χ3n) is 20.5. The Kier molecular flexibility index (Phi) is 8.93. The van der Waals surface area contributed by atoms with E-state index in [1.54, 1.807) is 0 Å². The van der Waals surface area contributed by atoms with Crippen LogP contribution in [0.4, 0.5) is 39.8 Å². The van der Waals surface area contributed by atoms with Gasteiger partial charge in [-0.1, -0.05) is 175 Å². The highest BCUT2D eigenvalue weighted by atomic mass is 32.1. The molecule has 0 N–H and O–H groups in total. The molecule has 1 aromatic heterocycles. The minimum absolute atomic E-state index is 0.0465. The van der Waals surface area contributed by atoms with Gasteiger partial charge in [0.05, 0.1) is 22.2 Å². The normalized spacial score (nSPS) is 25.3. The summed E-state index contributed by atoms with van der Waals surface area (Å²) in [6.07, 6.45) is 8.27. The van der Waals surface area contributed by atoms with E-state index >= 15 is 0 Å². The van der Waals surface area contributed by atoms with Crippen LogP contribution in [0.5, 0.6) is 0 Å². The molecule has 5 heteroatoms. The van der Waals surface area contributed by atoms with Crippen molar-refractivity contribution < 1.29 is 5.48 Å². The van der Waals surface area contributed by atoms with E-state index in [0.29, 0.717) is 5.69 Å². The predicted octanol–water partition coefficient (Wildman–Crippen LogP) is 17.7. The molecule has 0 saturated heterocycles. The number of rotatable bonds is 3. The van der Waals surface area contributed by atoms with Gasteiger partial charge in [0, 0.05) is 65.3 Å². The van der Waals surface area contributed by atoms with Gasteiger partial charge in [-0.25, -0.2) is 0 Å². The second-order valence-electron chi connectivity index (χ2n) is 27.7. The quantitative estimate of drug-likeness (QED) is 0.163. The number of hydrogen-bond donors (Lipinski definition) is 0. The Bertz CT molecular complexity index is 3970. The smallest absolute Gasteiger partial charge is 0.253 e. The highest BCUT2D eigenvalue weighted by Gasteiger charge is 2.63. The molecule has 4 aliphatic heterocycles. The molecule has 75 heavy (non-hydrogen) atoms. The molecule has 2 aliphatic carbocycles. The van der Waals surface area contributed by atoms with Gasteiger partial charge in [-0.2, -0.15) is 0 Å². The molecule has 6 aliphatic rings. The molecular formula is C70H76BN3S. The van der Waals surface area contributed by atoms with Crippen LogP contribution >= 0.6 is 11.3 Å². The lowest BCUT2D eigenvalue weighted by Crippen LogP contribution is -2.65. The number of benzene rings is 7.